The second kappa shape index (κ2) is 5.02. The number of pyridine rings is 1. The van der Waals surface area contributed by atoms with Gasteiger partial charge in [0.2, 0.25) is 0 Å². The van der Waals surface area contributed by atoms with Crippen LogP contribution in [0.1, 0.15) is 36.6 Å². The van der Waals surface area contributed by atoms with Gasteiger partial charge >= 0.3 is 5.97 Å². The zero-order chi connectivity index (χ0) is 16.8. The van der Waals surface area contributed by atoms with Crippen LogP contribution < -0.4 is 0 Å². The first-order valence-electron chi connectivity index (χ1n) is 7.19. The molecular formula is C17H11N3O4. The maximum atomic E-state index is 12.5. The molecular weight excluding hydrogens is 310 g/mol. The van der Waals surface area contributed by atoms with Gasteiger partial charge in [0, 0.05) is 18.6 Å². The van der Waals surface area contributed by atoms with Crippen molar-refractivity contribution in [1.82, 2.24) is 14.4 Å². The van der Waals surface area contributed by atoms with Crippen LogP contribution in [0.25, 0.3) is 5.65 Å². The Morgan fingerprint density at radius 1 is 1.12 bits per heavy atom. The Hall–Kier alpha value is -3.48. The highest BCUT2D eigenvalue weighted by Gasteiger charge is 2.39. The molecule has 0 N–H and O–H groups in total. The second-order valence-corrected chi connectivity index (χ2v) is 5.42. The maximum absolute atomic E-state index is 12.5. The van der Waals surface area contributed by atoms with E-state index < -0.39 is 17.8 Å². The van der Waals surface area contributed by atoms with Gasteiger partial charge in [-0.05, 0) is 30.7 Å². The van der Waals surface area contributed by atoms with Gasteiger partial charge in [0.25, 0.3) is 11.8 Å². The zero-order valence-corrected chi connectivity index (χ0v) is 12.6. The van der Waals surface area contributed by atoms with Gasteiger partial charge in [0.1, 0.15) is 5.56 Å². The summed E-state index contributed by atoms with van der Waals surface area (Å²) in [6.45, 7) is 1.82. The summed E-state index contributed by atoms with van der Waals surface area (Å²) < 4.78 is 1.67. The van der Waals surface area contributed by atoms with Crippen LogP contribution in [0.5, 0.6) is 0 Å². The molecule has 2 amide bonds. The molecule has 7 heteroatoms. The highest BCUT2D eigenvalue weighted by atomic mass is 16.7. The summed E-state index contributed by atoms with van der Waals surface area (Å²) in [6, 6.07) is 7.92. The van der Waals surface area contributed by atoms with Crippen LogP contribution in [0, 0.1) is 6.92 Å². The van der Waals surface area contributed by atoms with E-state index in [1.807, 2.05) is 6.92 Å². The fourth-order valence-corrected chi connectivity index (χ4v) is 2.71. The van der Waals surface area contributed by atoms with Gasteiger partial charge < -0.3 is 9.24 Å². The van der Waals surface area contributed by atoms with E-state index in [9.17, 15) is 14.4 Å². The predicted octanol–water partition coefficient (Wildman–Crippen LogP) is 2.01. The summed E-state index contributed by atoms with van der Waals surface area (Å²) in [5.74, 6) is -2.13. The first kappa shape index (κ1) is 14.1. The lowest BCUT2D eigenvalue weighted by Gasteiger charge is -2.13. The lowest BCUT2D eigenvalue weighted by molar-refractivity contribution is -0.0583. The first-order chi connectivity index (χ1) is 11.6. The number of hydrogen-bond donors (Lipinski definition) is 0. The van der Waals surface area contributed by atoms with Crippen LogP contribution in [0.15, 0.2) is 48.9 Å². The molecule has 1 aliphatic rings. The molecule has 24 heavy (non-hydrogen) atoms. The highest BCUT2D eigenvalue weighted by molar-refractivity contribution is 6.21. The van der Waals surface area contributed by atoms with Crippen molar-refractivity contribution in [3.05, 3.63) is 71.2 Å². The van der Waals surface area contributed by atoms with Gasteiger partial charge in [0.15, 0.2) is 5.65 Å². The molecule has 1 aromatic carbocycles. The van der Waals surface area contributed by atoms with Gasteiger partial charge in [-0.15, -0.1) is 0 Å². The predicted molar refractivity (Wildman–Crippen MR) is 82.3 cm³/mol. The van der Waals surface area contributed by atoms with Gasteiger partial charge in [-0.2, -0.15) is 0 Å². The molecule has 0 saturated heterocycles. The second-order valence-electron chi connectivity index (χ2n) is 5.42. The number of nitrogens with zero attached hydrogens (tertiary/aromatic N) is 3. The van der Waals surface area contributed by atoms with Gasteiger partial charge in [-0.25, -0.2) is 9.78 Å². The highest BCUT2D eigenvalue weighted by Crippen LogP contribution is 2.24. The molecule has 0 bridgehead atoms. The minimum Gasteiger partial charge on any atom is -0.324 e. The van der Waals surface area contributed by atoms with Crippen LogP contribution in [-0.4, -0.2) is 32.2 Å². The number of amides is 2. The van der Waals surface area contributed by atoms with E-state index in [0.717, 1.165) is 5.56 Å². The quantitative estimate of drug-likeness (QED) is 0.674. The monoisotopic (exact) mass is 321 g/mol. The average molecular weight is 321 g/mol. The van der Waals surface area contributed by atoms with Gasteiger partial charge in [0.05, 0.1) is 11.1 Å². The lowest BCUT2D eigenvalue weighted by Crippen LogP contribution is -2.32. The van der Waals surface area contributed by atoms with Crippen LogP contribution in [0.3, 0.4) is 0 Å². The van der Waals surface area contributed by atoms with Crippen molar-refractivity contribution < 1.29 is 19.2 Å². The fourth-order valence-electron chi connectivity index (χ4n) is 2.71. The Kier molecular flexibility index (Phi) is 2.96. The normalized spacial score (nSPS) is 13.5. The molecule has 118 valence electrons. The third-order valence-electron chi connectivity index (χ3n) is 3.78. The van der Waals surface area contributed by atoms with Crippen LogP contribution in [0.2, 0.25) is 0 Å². The first-order valence-corrected chi connectivity index (χ1v) is 7.19. The Morgan fingerprint density at radius 3 is 2.46 bits per heavy atom. The molecule has 0 fully saturated rings. The van der Waals surface area contributed by atoms with Crippen molar-refractivity contribution in [1.29, 1.82) is 0 Å². The van der Waals surface area contributed by atoms with Crippen molar-refractivity contribution in [3.63, 3.8) is 0 Å². The molecule has 2 aromatic heterocycles. The molecule has 0 aliphatic carbocycles. The molecule has 0 spiro atoms. The number of aryl methyl sites for hydroxylation is 1. The van der Waals surface area contributed by atoms with Crippen molar-refractivity contribution >= 4 is 23.4 Å². The number of benzene rings is 1. The van der Waals surface area contributed by atoms with E-state index in [2.05, 4.69) is 4.98 Å². The third-order valence-corrected chi connectivity index (χ3v) is 3.78. The summed E-state index contributed by atoms with van der Waals surface area (Å²) in [6.07, 6.45) is 5.05. The number of imide groups is 1. The van der Waals surface area contributed by atoms with Crippen molar-refractivity contribution in [2.75, 3.05) is 0 Å². The Balaban J connectivity index is 1.69. The Bertz CT molecular complexity index is 987. The molecule has 4 rings (SSSR count). The zero-order valence-electron chi connectivity index (χ0n) is 12.6. The largest absolute Gasteiger partial charge is 0.367 e. The number of hydroxylamine groups is 2. The summed E-state index contributed by atoms with van der Waals surface area (Å²) in [4.78, 5) is 46.2. The topological polar surface area (TPSA) is 81.0 Å². The molecule has 0 atom stereocenters. The molecule has 3 aromatic rings. The standard InChI is InChI=1S/C17H11N3O4/c1-10-8-13(14-18-6-7-19(14)9-10)17(23)24-20-15(21)11-4-2-3-5-12(11)16(20)22/h2-9H,1H3. The number of carbonyl (C=O) groups excluding carboxylic acids is 3. The van der Waals surface area contributed by atoms with E-state index in [1.165, 1.54) is 12.1 Å². The number of fused-ring (bicyclic) bond motifs is 2. The van der Waals surface area contributed by atoms with Crippen LogP contribution in [0.4, 0.5) is 0 Å². The summed E-state index contributed by atoms with van der Waals surface area (Å²) in [7, 11) is 0. The molecule has 0 saturated carbocycles. The minimum atomic E-state index is -0.815. The Morgan fingerprint density at radius 2 is 1.79 bits per heavy atom. The number of hydrogen-bond acceptors (Lipinski definition) is 5. The molecule has 1 aliphatic heterocycles. The maximum Gasteiger partial charge on any atom is 0.367 e. The van der Waals surface area contributed by atoms with Crippen molar-refractivity contribution in [2.45, 2.75) is 6.92 Å². The fraction of sp³-hybridized carbons (Fsp3) is 0.0588. The van der Waals surface area contributed by atoms with Crippen molar-refractivity contribution in [2.24, 2.45) is 0 Å². The minimum absolute atomic E-state index is 0.177. The van der Waals surface area contributed by atoms with Crippen LogP contribution >= 0.6 is 0 Å². The smallest absolute Gasteiger partial charge is 0.324 e. The van der Waals surface area contributed by atoms with Crippen LogP contribution in [-0.2, 0) is 4.84 Å². The SMILES string of the molecule is Cc1cc(C(=O)ON2C(=O)c3ccccc3C2=O)c2nccn2c1. The lowest BCUT2D eigenvalue weighted by atomic mass is 10.1. The summed E-state index contributed by atoms with van der Waals surface area (Å²) in [5, 5.41) is 0.495. The number of rotatable bonds is 2. The van der Waals surface area contributed by atoms with E-state index in [-0.39, 0.29) is 16.7 Å². The number of aromatic nitrogens is 2. The van der Waals surface area contributed by atoms with Gasteiger partial charge in [-0.1, -0.05) is 17.2 Å². The molecule has 3 heterocycles. The Labute approximate surface area is 136 Å². The molecule has 0 unspecified atom stereocenters. The summed E-state index contributed by atoms with van der Waals surface area (Å²) >= 11 is 0. The third kappa shape index (κ3) is 1.98. The molecule has 7 nitrogen and oxygen atoms in total. The van der Waals surface area contributed by atoms with E-state index in [0.29, 0.717) is 10.7 Å². The van der Waals surface area contributed by atoms with Crippen molar-refractivity contribution in [3.8, 4) is 0 Å². The number of imidazole rings is 1. The summed E-state index contributed by atoms with van der Waals surface area (Å²) in [5.41, 5.74) is 1.81. The molecule has 0 radical (unpaired) electrons. The van der Waals surface area contributed by atoms with E-state index >= 15 is 0 Å². The average Bonchev–Trinajstić information content (AvgIpc) is 3.13. The van der Waals surface area contributed by atoms with Gasteiger partial charge in [-0.3, -0.25) is 9.59 Å². The van der Waals surface area contributed by atoms with E-state index in [1.54, 1.807) is 41.2 Å². The number of carbonyl (C=O) groups is 3. The van der Waals surface area contributed by atoms with E-state index in [4.69, 9.17) is 4.84 Å².